The van der Waals surface area contributed by atoms with Crippen molar-refractivity contribution in [3.05, 3.63) is 16.4 Å². The van der Waals surface area contributed by atoms with Crippen LogP contribution in [-0.4, -0.2) is 41.4 Å². The Morgan fingerprint density at radius 1 is 1.40 bits per heavy atom. The van der Waals surface area contributed by atoms with Crippen LogP contribution < -0.4 is 5.32 Å². The standard InChI is InChI=1S/C15H27ClN4/c1-4-13-15(16)14(20(5-2)18-13)10-17-9-12-7-6-8-19(3)11-12/h12,17H,4-11H2,1-3H3. The molecule has 1 aliphatic heterocycles. The topological polar surface area (TPSA) is 33.1 Å². The molecule has 1 N–H and O–H groups in total. The van der Waals surface area contributed by atoms with Crippen molar-refractivity contribution in [2.24, 2.45) is 5.92 Å². The zero-order chi connectivity index (χ0) is 14.5. The quantitative estimate of drug-likeness (QED) is 0.876. The van der Waals surface area contributed by atoms with Crippen LogP contribution in [0.3, 0.4) is 0 Å². The molecule has 2 heterocycles. The average Bonchev–Trinajstić information content (AvgIpc) is 2.75. The lowest BCUT2D eigenvalue weighted by atomic mass is 9.98. The van der Waals surface area contributed by atoms with Crippen molar-refractivity contribution in [2.75, 3.05) is 26.7 Å². The maximum atomic E-state index is 6.42. The molecule has 1 aromatic heterocycles. The molecule has 1 aromatic rings. The van der Waals surface area contributed by atoms with Crippen LogP contribution in [0.4, 0.5) is 0 Å². The smallest absolute Gasteiger partial charge is 0.0863 e. The van der Waals surface area contributed by atoms with E-state index < -0.39 is 0 Å². The Bertz CT molecular complexity index is 430. The second-order valence-electron chi connectivity index (χ2n) is 5.78. The number of hydrogen-bond acceptors (Lipinski definition) is 3. The molecule has 0 radical (unpaired) electrons. The van der Waals surface area contributed by atoms with E-state index in [9.17, 15) is 0 Å². The summed E-state index contributed by atoms with van der Waals surface area (Å²) in [5.41, 5.74) is 2.15. The van der Waals surface area contributed by atoms with Crippen molar-refractivity contribution in [1.82, 2.24) is 20.0 Å². The molecule has 4 nitrogen and oxygen atoms in total. The number of piperidine rings is 1. The van der Waals surface area contributed by atoms with Gasteiger partial charge in [0.2, 0.25) is 0 Å². The first kappa shape index (κ1) is 15.8. The summed E-state index contributed by atoms with van der Waals surface area (Å²) in [7, 11) is 2.21. The Hall–Kier alpha value is -0.580. The van der Waals surface area contributed by atoms with Crippen LogP contribution in [-0.2, 0) is 19.5 Å². The molecule has 1 atom stereocenters. The van der Waals surface area contributed by atoms with E-state index in [1.165, 1.54) is 25.9 Å². The van der Waals surface area contributed by atoms with Crippen LogP contribution in [0.1, 0.15) is 38.1 Å². The Kier molecular flexibility index (Phi) is 5.87. The normalized spacial score (nSPS) is 20.5. The fourth-order valence-corrected chi connectivity index (χ4v) is 3.36. The highest BCUT2D eigenvalue weighted by Crippen LogP contribution is 2.21. The maximum absolute atomic E-state index is 6.42. The third kappa shape index (κ3) is 3.74. The lowest BCUT2D eigenvalue weighted by molar-refractivity contribution is 0.206. The first-order valence-electron chi connectivity index (χ1n) is 7.79. The summed E-state index contributed by atoms with van der Waals surface area (Å²) in [6.45, 7) is 9.42. The highest BCUT2D eigenvalue weighted by Gasteiger charge is 2.18. The van der Waals surface area contributed by atoms with Gasteiger partial charge in [0.25, 0.3) is 0 Å². The molecule has 1 unspecified atom stereocenters. The van der Waals surface area contributed by atoms with Crippen molar-refractivity contribution in [3.63, 3.8) is 0 Å². The van der Waals surface area contributed by atoms with Crippen molar-refractivity contribution in [3.8, 4) is 0 Å². The molecule has 114 valence electrons. The van der Waals surface area contributed by atoms with Crippen LogP contribution in [0.5, 0.6) is 0 Å². The Morgan fingerprint density at radius 2 is 2.20 bits per heavy atom. The van der Waals surface area contributed by atoms with Crippen LogP contribution in [0.15, 0.2) is 0 Å². The number of aromatic nitrogens is 2. The van der Waals surface area contributed by atoms with Gasteiger partial charge < -0.3 is 10.2 Å². The van der Waals surface area contributed by atoms with E-state index >= 15 is 0 Å². The van der Waals surface area contributed by atoms with E-state index in [0.717, 1.165) is 48.4 Å². The van der Waals surface area contributed by atoms with Crippen LogP contribution >= 0.6 is 11.6 Å². The molecule has 0 saturated carbocycles. The zero-order valence-corrected chi connectivity index (χ0v) is 13.7. The van der Waals surface area contributed by atoms with Gasteiger partial charge in [-0.1, -0.05) is 18.5 Å². The fraction of sp³-hybridized carbons (Fsp3) is 0.800. The molecule has 1 saturated heterocycles. The molecule has 20 heavy (non-hydrogen) atoms. The number of aryl methyl sites for hydroxylation is 2. The van der Waals surface area contributed by atoms with Crippen molar-refractivity contribution >= 4 is 11.6 Å². The van der Waals surface area contributed by atoms with E-state index in [-0.39, 0.29) is 0 Å². The molecule has 0 spiro atoms. The van der Waals surface area contributed by atoms with Gasteiger partial charge in [0.1, 0.15) is 0 Å². The summed E-state index contributed by atoms with van der Waals surface area (Å²) < 4.78 is 2.03. The minimum Gasteiger partial charge on any atom is -0.311 e. The number of hydrogen-bond donors (Lipinski definition) is 1. The van der Waals surface area contributed by atoms with Gasteiger partial charge in [-0.05, 0) is 52.2 Å². The summed E-state index contributed by atoms with van der Waals surface area (Å²) in [6, 6.07) is 0. The minimum absolute atomic E-state index is 0.760. The summed E-state index contributed by atoms with van der Waals surface area (Å²) >= 11 is 6.42. The summed E-state index contributed by atoms with van der Waals surface area (Å²) in [5, 5.41) is 8.98. The Morgan fingerprint density at radius 3 is 2.85 bits per heavy atom. The van der Waals surface area contributed by atoms with Crippen LogP contribution in [0, 0.1) is 5.92 Å². The van der Waals surface area contributed by atoms with E-state index in [1.807, 2.05) is 4.68 Å². The monoisotopic (exact) mass is 298 g/mol. The Balaban J connectivity index is 1.88. The van der Waals surface area contributed by atoms with E-state index in [2.05, 4.69) is 36.2 Å². The van der Waals surface area contributed by atoms with Crippen molar-refractivity contribution in [1.29, 1.82) is 0 Å². The van der Waals surface area contributed by atoms with Gasteiger partial charge in [0.15, 0.2) is 0 Å². The van der Waals surface area contributed by atoms with Gasteiger partial charge in [-0.25, -0.2) is 0 Å². The van der Waals surface area contributed by atoms with Crippen molar-refractivity contribution < 1.29 is 0 Å². The van der Waals surface area contributed by atoms with Gasteiger partial charge in [-0.3, -0.25) is 4.68 Å². The summed E-state index contributed by atoms with van der Waals surface area (Å²) in [4.78, 5) is 2.42. The lowest BCUT2D eigenvalue weighted by Crippen LogP contribution is -2.37. The third-order valence-corrected chi connectivity index (χ3v) is 4.58. The predicted octanol–water partition coefficient (Wildman–Crippen LogP) is 2.55. The van der Waals surface area contributed by atoms with Gasteiger partial charge >= 0.3 is 0 Å². The van der Waals surface area contributed by atoms with Gasteiger partial charge in [-0.2, -0.15) is 5.10 Å². The van der Waals surface area contributed by atoms with E-state index in [1.54, 1.807) is 0 Å². The summed E-state index contributed by atoms with van der Waals surface area (Å²) in [6.07, 6.45) is 3.54. The number of halogens is 1. The maximum Gasteiger partial charge on any atom is 0.0863 e. The largest absolute Gasteiger partial charge is 0.311 e. The van der Waals surface area contributed by atoms with Crippen molar-refractivity contribution in [2.45, 2.75) is 46.2 Å². The molecular formula is C15H27ClN4. The molecule has 0 aliphatic carbocycles. The molecule has 0 bridgehead atoms. The first-order valence-corrected chi connectivity index (χ1v) is 8.16. The number of nitrogens with zero attached hydrogens (tertiary/aromatic N) is 3. The second-order valence-corrected chi connectivity index (χ2v) is 6.16. The molecule has 0 aromatic carbocycles. The molecule has 2 rings (SSSR count). The molecule has 0 amide bonds. The second kappa shape index (κ2) is 7.43. The van der Waals surface area contributed by atoms with E-state index in [0.29, 0.717) is 0 Å². The Labute approximate surface area is 127 Å². The third-order valence-electron chi connectivity index (χ3n) is 4.14. The van der Waals surface area contributed by atoms with Crippen LogP contribution in [0.2, 0.25) is 5.02 Å². The summed E-state index contributed by atoms with van der Waals surface area (Å²) in [5.74, 6) is 0.760. The number of rotatable bonds is 6. The highest BCUT2D eigenvalue weighted by molar-refractivity contribution is 6.31. The van der Waals surface area contributed by atoms with E-state index in [4.69, 9.17) is 11.6 Å². The molecule has 5 heteroatoms. The predicted molar refractivity (Wildman–Crippen MR) is 84.2 cm³/mol. The number of nitrogens with one attached hydrogen (secondary N) is 1. The van der Waals surface area contributed by atoms with Gasteiger partial charge in [0, 0.05) is 19.6 Å². The minimum atomic E-state index is 0.760. The number of likely N-dealkylation sites (tertiary alicyclic amines) is 1. The fourth-order valence-electron chi connectivity index (χ4n) is 3.02. The van der Waals surface area contributed by atoms with Crippen LogP contribution in [0.25, 0.3) is 0 Å². The highest BCUT2D eigenvalue weighted by atomic mass is 35.5. The first-order chi connectivity index (χ1) is 9.65. The average molecular weight is 299 g/mol. The zero-order valence-electron chi connectivity index (χ0n) is 13.0. The molecular weight excluding hydrogens is 272 g/mol. The lowest BCUT2D eigenvalue weighted by Gasteiger charge is -2.29. The van der Waals surface area contributed by atoms with Gasteiger partial charge in [-0.15, -0.1) is 0 Å². The molecule has 1 fully saturated rings. The molecule has 1 aliphatic rings. The van der Waals surface area contributed by atoms with Gasteiger partial charge in [0.05, 0.1) is 16.4 Å². The SMILES string of the molecule is CCc1nn(CC)c(CNCC2CCCN(C)C2)c1Cl.